The molecule has 0 radical (unpaired) electrons. The van der Waals surface area contributed by atoms with Gasteiger partial charge in [-0.05, 0) is 53.1 Å². The van der Waals surface area contributed by atoms with Gasteiger partial charge in [0.1, 0.15) is 0 Å². The second kappa shape index (κ2) is 7.45. The van der Waals surface area contributed by atoms with E-state index in [9.17, 15) is 10.1 Å². The van der Waals surface area contributed by atoms with E-state index < -0.39 is 0 Å². The van der Waals surface area contributed by atoms with Crippen LogP contribution in [0.25, 0.3) is 0 Å². The lowest BCUT2D eigenvalue weighted by Crippen LogP contribution is -2.39. The van der Waals surface area contributed by atoms with Crippen LogP contribution in [-0.2, 0) is 11.2 Å². The molecule has 146 valence electrons. The molecule has 1 heterocycles. The first-order valence-corrected chi connectivity index (χ1v) is 10.2. The van der Waals surface area contributed by atoms with Crippen molar-refractivity contribution in [3.8, 4) is 0 Å². The van der Waals surface area contributed by atoms with Crippen LogP contribution in [0.2, 0.25) is 0 Å². The minimum Gasteiger partial charge on any atom is -0.373 e. The molecule has 4 heteroatoms. The fourth-order valence-corrected chi connectivity index (χ4v) is 5.26. The van der Waals surface area contributed by atoms with Crippen molar-refractivity contribution in [1.29, 1.82) is 0 Å². The molecule has 1 aliphatic heterocycles. The van der Waals surface area contributed by atoms with E-state index in [0.717, 1.165) is 25.0 Å². The molecule has 0 unspecified atom stereocenters. The summed E-state index contributed by atoms with van der Waals surface area (Å²) >= 11 is 0. The molecule has 0 N–H and O–H groups in total. The number of nitro groups is 1. The Morgan fingerprint density at radius 3 is 2.34 bits per heavy atom. The van der Waals surface area contributed by atoms with Crippen molar-refractivity contribution in [2.45, 2.75) is 24.9 Å². The summed E-state index contributed by atoms with van der Waals surface area (Å²) in [7, 11) is 0. The fourth-order valence-electron chi connectivity index (χ4n) is 5.26. The van der Waals surface area contributed by atoms with Gasteiger partial charge in [0.15, 0.2) is 0 Å². The van der Waals surface area contributed by atoms with Gasteiger partial charge in [-0.2, -0.15) is 0 Å². The average molecular weight is 385 g/mol. The van der Waals surface area contributed by atoms with Gasteiger partial charge in [0.2, 0.25) is 0 Å². The van der Waals surface area contributed by atoms with Crippen LogP contribution in [0.15, 0.2) is 78.9 Å². The minimum absolute atomic E-state index is 0.0619. The van der Waals surface area contributed by atoms with Crippen LogP contribution in [0, 0.1) is 22.0 Å². The molecule has 3 aromatic carbocycles. The maximum atomic E-state index is 11.1. The summed E-state index contributed by atoms with van der Waals surface area (Å²) in [6.07, 6.45) is 2.05. The van der Waals surface area contributed by atoms with Crippen LogP contribution in [0.4, 0.5) is 5.69 Å². The van der Waals surface area contributed by atoms with E-state index in [4.69, 9.17) is 4.74 Å². The molecule has 1 fully saturated rings. The zero-order chi connectivity index (χ0) is 19.8. The number of hydrogen-bond acceptors (Lipinski definition) is 3. The van der Waals surface area contributed by atoms with Gasteiger partial charge in [-0.3, -0.25) is 10.1 Å². The van der Waals surface area contributed by atoms with Gasteiger partial charge >= 0.3 is 0 Å². The van der Waals surface area contributed by atoms with E-state index in [1.54, 1.807) is 12.1 Å². The molecule has 0 saturated carbocycles. The van der Waals surface area contributed by atoms with Crippen molar-refractivity contribution in [1.82, 2.24) is 0 Å². The van der Waals surface area contributed by atoms with Gasteiger partial charge in [0.05, 0.1) is 11.0 Å². The maximum absolute atomic E-state index is 11.1. The molecule has 1 saturated heterocycles. The quantitative estimate of drug-likeness (QED) is 0.431. The first-order valence-electron chi connectivity index (χ1n) is 10.2. The van der Waals surface area contributed by atoms with E-state index in [2.05, 4.69) is 54.6 Å². The summed E-state index contributed by atoms with van der Waals surface area (Å²) in [6.45, 7) is 0.729. The molecule has 29 heavy (non-hydrogen) atoms. The average Bonchev–Trinajstić information content (AvgIpc) is 2.77. The number of rotatable bonds is 3. The van der Waals surface area contributed by atoms with E-state index in [1.165, 1.54) is 16.7 Å². The summed E-state index contributed by atoms with van der Waals surface area (Å²) in [5.74, 6) is 1.10. The largest absolute Gasteiger partial charge is 0.373 e. The highest BCUT2D eigenvalue weighted by molar-refractivity contribution is 5.43. The third-order valence-electron chi connectivity index (χ3n) is 6.53. The first-order chi connectivity index (χ1) is 14.2. The van der Waals surface area contributed by atoms with Crippen LogP contribution < -0.4 is 0 Å². The molecule has 1 aliphatic carbocycles. The van der Waals surface area contributed by atoms with E-state index in [0.29, 0.717) is 11.8 Å². The highest BCUT2D eigenvalue weighted by atomic mass is 16.6. The molecular weight excluding hydrogens is 362 g/mol. The molecule has 4 atom stereocenters. The zero-order valence-electron chi connectivity index (χ0n) is 16.1. The van der Waals surface area contributed by atoms with Gasteiger partial charge in [0.25, 0.3) is 5.69 Å². The van der Waals surface area contributed by atoms with Crippen LogP contribution in [0.3, 0.4) is 0 Å². The molecule has 0 amide bonds. The number of benzene rings is 3. The summed E-state index contributed by atoms with van der Waals surface area (Å²) in [5.41, 5.74) is 5.29. The predicted molar refractivity (Wildman–Crippen MR) is 112 cm³/mol. The van der Waals surface area contributed by atoms with Crippen molar-refractivity contribution in [2.75, 3.05) is 6.61 Å². The molecule has 0 spiro atoms. The Labute approximate surface area is 170 Å². The van der Waals surface area contributed by atoms with Crippen molar-refractivity contribution in [3.05, 3.63) is 111 Å². The molecule has 4 nitrogen and oxygen atoms in total. The van der Waals surface area contributed by atoms with Gasteiger partial charge in [0, 0.05) is 30.6 Å². The predicted octanol–water partition coefficient (Wildman–Crippen LogP) is 5.68. The molecule has 5 rings (SSSR count). The second-order valence-corrected chi connectivity index (χ2v) is 8.06. The molecule has 2 aliphatic rings. The summed E-state index contributed by atoms with van der Waals surface area (Å²) in [5, 5.41) is 11.1. The van der Waals surface area contributed by atoms with Crippen molar-refractivity contribution < 1.29 is 9.66 Å². The highest BCUT2D eigenvalue weighted by Crippen LogP contribution is 2.53. The van der Waals surface area contributed by atoms with Crippen molar-refractivity contribution in [2.24, 2.45) is 11.8 Å². The molecular formula is C25H23NO3. The van der Waals surface area contributed by atoms with Gasteiger partial charge < -0.3 is 4.74 Å². The topological polar surface area (TPSA) is 52.4 Å². The Hall–Kier alpha value is -2.98. The number of ether oxygens (including phenoxy) is 1. The normalized spacial score (nSPS) is 25.7. The van der Waals surface area contributed by atoms with Gasteiger partial charge in [-0.15, -0.1) is 0 Å². The Kier molecular flexibility index (Phi) is 4.64. The second-order valence-electron chi connectivity index (χ2n) is 8.06. The van der Waals surface area contributed by atoms with Gasteiger partial charge in [-0.25, -0.2) is 0 Å². The Bertz CT molecular complexity index is 1020. The van der Waals surface area contributed by atoms with Crippen LogP contribution in [0.1, 0.15) is 40.7 Å². The lowest BCUT2D eigenvalue weighted by molar-refractivity contribution is -0.384. The number of fused-ring (bicyclic) bond motifs is 2. The monoisotopic (exact) mass is 385 g/mol. The summed E-state index contributed by atoms with van der Waals surface area (Å²) in [4.78, 5) is 10.7. The summed E-state index contributed by atoms with van der Waals surface area (Å²) in [6, 6.07) is 26.4. The lowest BCUT2D eigenvalue weighted by Gasteiger charge is -2.47. The first kappa shape index (κ1) is 18.1. The maximum Gasteiger partial charge on any atom is 0.269 e. The van der Waals surface area contributed by atoms with Crippen LogP contribution >= 0.6 is 0 Å². The number of nitrogens with zero attached hydrogens (tertiary/aromatic N) is 1. The molecule has 0 bridgehead atoms. The smallest absolute Gasteiger partial charge is 0.269 e. The lowest BCUT2D eigenvalue weighted by atomic mass is 9.62. The minimum atomic E-state index is -0.349. The van der Waals surface area contributed by atoms with Gasteiger partial charge in [-0.1, -0.05) is 54.6 Å². The standard InChI is InChI=1S/C25H23NO3/c27-26(28)21-12-10-18(11-13-21)25-24-20(14-15-29-25)16-19-8-4-5-9-22(19)23(24)17-6-2-1-3-7-17/h1-13,20,23-25H,14-16H2/t20-,23+,24+,25+/m0/s1. The Morgan fingerprint density at radius 1 is 0.862 bits per heavy atom. The fraction of sp³-hybridized carbons (Fsp3) is 0.280. The Morgan fingerprint density at radius 2 is 1.59 bits per heavy atom. The van der Waals surface area contributed by atoms with Crippen molar-refractivity contribution in [3.63, 3.8) is 0 Å². The molecule has 3 aromatic rings. The van der Waals surface area contributed by atoms with E-state index in [1.807, 2.05) is 12.1 Å². The van der Waals surface area contributed by atoms with Crippen LogP contribution in [0.5, 0.6) is 0 Å². The SMILES string of the molecule is O=[N+]([O-])c1ccc([C@H]2OCC[C@H]3Cc4ccccc4[C@@H](c4ccccc4)[C@@H]32)cc1. The Balaban J connectivity index is 1.61. The van der Waals surface area contributed by atoms with Crippen molar-refractivity contribution >= 4 is 5.69 Å². The van der Waals surface area contributed by atoms with E-state index >= 15 is 0 Å². The zero-order valence-corrected chi connectivity index (χ0v) is 16.1. The van der Waals surface area contributed by atoms with E-state index in [-0.39, 0.29) is 22.6 Å². The molecule has 0 aromatic heterocycles. The number of non-ortho nitro benzene ring substituents is 1. The third kappa shape index (κ3) is 3.23. The van der Waals surface area contributed by atoms with Crippen LogP contribution in [-0.4, -0.2) is 11.5 Å². The highest BCUT2D eigenvalue weighted by Gasteiger charge is 2.45. The summed E-state index contributed by atoms with van der Waals surface area (Å²) < 4.78 is 6.33. The number of hydrogen-bond donors (Lipinski definition) is 0. The third-order valence-corrected chi connectivity index (χ3v) is 6.53. The number of nitro benzene ring substituents is 1.